The summed E-state index contributed by atoms with van der Waals surface area (Å²) in [4.78, 5) is 1.22. The van der Waals surface area contributed by atoms with Crippen LogP contribution in [0.5, 0.6) is 11.5 Å². The van der Waals surface area contributed by atoms with Crippen LogP contribution in [0.1, 0.15) is 42.5 Å². The molecule has 3 nitrogen and oxygen atoms in total. The Morgan fingerprint density at radius 2 is 2.00 bits per heavy atom. The summed E-state index contributed by atoms with van der Waals surface area (Å²) in [5, 5.41) is 5.73. The molecule has 0 saturated heterocycles. The predicted molar refractivity (Wildman–Crippen MR) is 95.4 cm³/mol. The van der Waals surface area contributed by atoms with Crippen molar-refractivity contribution >= 4 is 11.3 Å². The van der Waals surface area contributed by atoms with Gasteiger partial charge in [0.15, 0.2) is 11.5 Å². The van der Waals surface area contributed by atoms with Gasteiger partial charge in [0.1, 0.15) is 6.61 Å². The van der Waals surface area contributed by atoms with Gasteiger partial charge in [-0.25, -0.2) is 0 Å². The van der Waals surface area contributed by atoms with Gasteiger partial charge in [-0.2, -0.15) is 0 Å². The van der Waals surface area contributed by atoms with Crippen LogP contribution in [-0.2, 0) is 13.2 Å². The molecule has 3 rings (SSSR count). The lowest BCUT2D eigenvalue weighted by Crippen LogP contribution is -2.30. The van der Waals surface area contributed by atoms with Gasteiger partial charge in [0.25, 0.3) is 0 Å². The fraction of sp³-hybridized carbons (Fsp3) is 0.474. The first-order valence-electron chi connectivity index (χ1n) is 8.40. The Morgan fingerprint density at radius 1 is 1.13 bits per heavy atom. The monoisotopic (exact) mass is 331 g/mol. The van der Waals surface area contributed by atoms with E-state index >= 15 is 0 Å². The van der Waals surface area contributed by atoms with E-state index in [4.69, 9.17) is 9.47 Å². The molecule has 1 N–H and O–H groups in total. The first-order chi connectivity index (χ1) is 11.3. The maximum absolute atomic E-state index is 5.89. The van der Waals surface area contributed by atoms with Crippen molar-refractivity contribution in [2.24, 2.45) is 0 Å². The van der Waals surface area contributed by atoms with E-state index in [1.165, 1.54) is 42.5 Å². The minimum atomic E-state index is 0.591. The van der Waals surface area contributed by atoms with E-state index in [0.717, 1.165) is 18.0 Å². The van der Waals surface area contributed by atoms with Crippen LogP contribution in [0.3, 0.4) is 0 Å². The van der Waals surface area contributed by atoms with E-state index in [9.17, 15) is 0 Å². The Hall–Kier alpha value is -1.52. The summed E-state index contributed by atoms with van der Waals surface area (Å²) in [6.07, 6.45) is 6.72. The van der Waals surface area contributed by atoms with E-state index < -0.39 is 0 Å². The highest BCUT2D eigenvalue weighted by Gasteiger charge is 2.13. The van der Waals surface area contributed by atoms with Gasteiger partial charge in [0.05, 0.1) is 7.11 Å². The maximum Gasteiger partial charge on any atom is 0.161 e. The molecule has 23 heavy (non-hydrogen) atoms. The second kappa shape index (κ2) is 8.37. The molecule has 0 bridgehead atoms. The van der Waals surface area contributed by atoms with Crippen LogP contribution >= 0.6 is 11.3 Å². The number of rotatable bonds is 7. The van der Waals surface area contributed by atoms with Crippen LogP contribution in [0.25, 0.3) is 0 Å². The Bertz CT molecular complexity index is 591. The second-order valence-corrected chi connectivity index (χ2v) is 7.10. The molecule has 1 aromatic carbocycles. The number of nitrogens with one attached hydrogen (secondary N) is 1. The molecule has 0 aliphatic heterocycles. The largest absolute Gasteiger partial charge is 0.493 e. The number of hydrogen-bond donors (Lipinski definition) is 1. The van der Waals surface area contributed by atoms with Crippen molar-refractivity contribution in [2.75, 3.05) is 7.11 Å². The number of hydrogen-bond acceptors (Lipinski definition) is 4. The molecular formula is C19H25NO2S. The number of ether oxygens (including phenoxy) is 2. The molecule has 0 unspecified atom stereocenters. The van der Waals surface area contributed by atoms with Crippen LogP contribution in [0.2, 0.25) is 0 Å². The van der Waals surface area contributed by atoms with Crippen molar-refractivity contribution in [1.29, 1.82) is 0 Å². The van der Waals surface area contributed by atoms with E-state index in [-0.39, 0.29) is 0 Å². The van der Waals surface area contributed by atoms with Gasteiger partial charge in [0, 0.05) is 17.5 Å². The van der Waals surface area contributed by atoms with Gasteiger partial charge in [-0.3, -0.25) is 0 Å². The quantitative estimate of drug-likeness (QED) is 0.793. The van der Waals surface area contributed by atoms with E-state index in [2.05, 4.69) is 28.9 Å². The van der Waals surface area contributed by atoms with Gasteiger partial charge in [-0.05, 0) is 42.0 Å². The summed E-state index contributed by atoms with van der Waals surface area (Å²) in [7, 11) is 1.70. The first kappa shape index (κ1) is 16.3. The summed E-state index contributed by atoms with van der Waals surface area (Å²) in [6.45, 7) is 1.49. The average Bonchev–Trinajstić information content (AvgIpc) is 3.13. The van der Waals surface area contributed by atoms with Crippen molar-refractivity contribution in [3.05, 3.63) is 46.2 Å². The minimum Gasteiger partial charge on any atom is -0.493 e. The third-order valence-corrected chi connectivity index (χ3v) is 5.23. The summed E-state index contributed by atoms with van der Waals surface area (Å²) in [5.41, 5.74) is 1.25. The molecule has 1 aliphatic rings. The molecule has 1 aromatic heterocycles. The minimum absolute atomic E-state index is 0.591. The summed E-state index contributed by atoms with van der Waals surface area (Å²) < 4.78 is 11.4. The summed E-state index contributed by atoms with van der Waals surface area (Å²) >= 11 is 1.71. The topological polar surface area (TPSA) is 30.5 Å². The van der Waals surface area contributed by atoms with Crippen molar-refractivity contribution in [1.82, 2.24) is 5.32 Å². The van der Waals surface area contributed by atoms with Crippen LogP contribution in [0.15, 0.2) is 35.7 Å². The van der Waals surface area contributed by atoms with Crippen molar-refractivity contribution in [3.63, 3.8) is 0 Å². The maximum atomic E-state index is 5.89. The molecule has 0 atom stereocenters. The zero-order chi connectivity index (χ0) is 15.9. The smallest absolute Gasteiger partial charge is 0.161 e. The second-order valence-electron chi connectivity index (χ2n) is 6.07. The molecule has 2 aromatic rings. The lowest BCUT2D eigenvalue weighted by Gasteiger charge is -2.23. The Kier molecular flexibility index (Phi) is 5.94. The molecule has 1 saturated carbocycles. The van der Waals surface area contributed by atoms with Crippen LogP contribution < -0.4 is 14.8 Å². The number of methoxy groups -OCH3 is 1. The number of benzene rings is 1. The molecule has 124 valence electrons. The normalized spacial score (nSPS) is 15.5. The van der Waals surface area contributed by atoms with Crippen LogP contribution in [0.4, 0.5) is 0 Å². The fourth-order valence-corrected chi connectivity index (χ4v) is 3.67. The molecule has 0 radical (unpaired) electrons. The lowest BCUT2D eigenvalue weighted by atomic mass is 9.95. The fourth-order valence-electron chi connectivity index (χ4n) is 3.05. The molecule has 0 amide bonds. The molecule has 1 heterocycles. The van der Waals surface area contributed by atoms with Crippen molar-refractivity contribution in [3.8, 4) is 11.5 Å². The summed E-state index contributed by atoms with van der Waals surface area (Å²) in [6, 6.07) is 11.0. The first-order valence-corrected chi connectivity index (χ1v) is 9.28. The van der Waals surface area contributed by atoms with Crippen LogP contribution in [0, 0.1) is 0 Å². The lowest BCUT2D eigenvalue weighted by molar-refractivity contribution is 0.287. The molecule has 0 spiro atoms. The highest BCUT2D eigenvalue weighted by atomic mass is 32.1. The highest BCUT2D eigenvalue weighted by Crippen LogP contribution is 2.29. The Balaban J connectivity index is 1.57. The Morgan fingerprint density at radius 3 is 2.74 bits per heavy atom. The van der Waals surface area contributed by atoms with Crippen LogP contribution in [-0.4, -0.2) is 13.2 Å². The Labute approximate surface area is 142 Å². The third kappa shape index (κ3) is 4.72. The van der Waals surface area contributed by atoms with E-state index in [0.29, 0.717) is 12.6 Å². The van der Waals surface area contributed by atoms with Crippen molar-refractivity contribution in [2.45, 2.75) is 51.3 Å². The van der Waals surface area contributed by atoms with E-state index in [1.807, 2.05) is 12.1 Å². The molecule has 1 aliphatic carbocycles. The zero-order valence-corrected chi connectivity index (χ0v) is 14.5. The third-order valence-electron chi connectivity index (χ3n) is 4.38. The van der Waals surface area contributed by atoms with Gasteiger partial charge in [0.2, 0.25) is 0 Å². The van der Waals surface area contributed by atoms with Crippen molar-refractivity contribution < 1.29 is 9.47 Å². The summed E-state index contributed by atoms with van der Waals surface area (Å²) in [5.74, 6) is 1.62. The van der Waals surface area contributed by atoms with Gasteiger partial charge in [-0.15, -0.1) is 11.3 Å². The molecule has 4 heteroatoms. The zero-order valence-electron chi connectivity index (χ0n) is 13.7. The highest BCUT2D eigenvalue weighted by molar-refractivity contribution is 7.09. The van der Waals surface area contributed by atoms with Gasteiger partial charge >= 0.3 is 0 Å². The molecular weight excluding hydrogens is 306 g/mol. The average molecular weight is 331 g/mol. The SMILES string of the molecule is COc1cc(CNC2CCCCC2)ccc1OCc1cccs1. The van der Waals surface area contributed by atoms with E-state index in [1.54, 1.807) is 18.4 Å². The number of thiophene rings is 1. The van der Waals surface area contributed by atoms with Gasteiger partial charge in [-0.1, -0.05) is 31.4 Å². The van der Waals surface area contributed by atoms with Gasteiger partial charge < -0.3 is 14.8 Å². The molecule has 1 fully saturated rings. The predicted octanol–water partition coefficient (Wildman–Crippen LogP) is 4.76. The standard InChI is InChI=1S/C19H25NO2S/c1-21-19-12-15(13-20-16-6-3-2-4-7-16)9-10-18(19)22-14-17-8-5-11-23-17/h5,8-12,16,20H,2-4,6-7,13-14H2,1H3.